The molecule has 0 aliphatic heterocycles. The Hall–Kier alpha value is -3.57. The van der Waals surface area contributed by atoms with E-state index in [-0.39, 0.29) is 23.0 Å². The summed E-state index contributed by atoms with van der Waals surface area (Å²) in [6, 6.07) is 19.1. The number of nitrogens with zero attached hydrogens (tertiary/aromatic N) is 2. The lowest BCUT2D eigenvalue weighted by Crippen LogP contribution is -2.51. The Morgan fingerprint density at radius 3 is 2.29 bits per heavy atom. The first-order valence-corrected chi connectivity index (χ1v) is 16.0. The third-order valence-electron chi connectivity index (χ3n) is 6.60. The molecule has 0 saturated heterocycles. The van der Waals surface area contributed by atoms with Crippen molar-refractivity contribution in [2.75, 3.05) is 31.1 Å². The zero-order chi connectivity index (χ0) is 30.7. The van der Waals surface area contributed by atoms with Crippen LogP contribution in [0, 0.1) is 0 Å². The van der Waals surface area contributed by atoms with Gasteiger partial charge in [-0.2, -0.15) is 0 Å². The van der Waals surface area contributed by atoms with Gasteiger partial charge in [-0.3, -0.25) is 13.9 Å². The maximum absolute atomic E-state index is 14.0. The molecule has 1 unspecified atom stereocenters. The molecule has 0 radical (unpaired) electrons. The molecule has 0 saturated carbocycles. The van der Waals surface area contributed by atoms with Gasteiger partial charge in [-0.05, 0) is 86.5 Å². The summed E-state index contributed by atoms with van der Waals surface area (Å²) in [7, 11) is -2.62. The lowest BCUT2D eigenvalue weighted by atomic mass is 10.1. The zero-order valence-electron chi connectivity index (χ0n) is 24.4. The molecule has 11 heteroatoms. The van der Waals surface area contributed by atoms with Crippen molar-refractivity contribution in [3.8, 4) is 11.5 Å². The van der Waals surface area contributed by atoms with Gasteiger partial charge in [0, 0.05) is 17.6 Å². The van der Waals surface area contributed by atoms with Crippen LogP contribution in [0.1, 0.15) is 39.2 Å². The fourth-order valence-electron chi connectivity index (χ4n) is 4.22. The lowest BCUT2D eigenvalue weighted by molar-refractivity contribution is -0.139. The molecule has 3 aromatic carbocycles. The molecule has 226 valence electrons. The first-order valence-electron chi connectivity index (χ1n) is 13.8. The maximum atomic E-state index is 14.0. The molecule has 9 nitrogen and oxygen atoms in total. The van der Waals surface area contributed by atoms with Crippen LogP contribution in [-0.4, -0.2) is 58.0 Å². The van der Waals surface area contributed by atoms with E-state index in [0.29, 0.717) is 24.7 Å². The number of anilines is 1. The standard InChI is InChI=1S/C31H38BrN3O6S/c1-5-7-19-33-31(37)23(3)34(21-24-9-8-10-28(20-24)40-4)30(36)22-35(26-13-15-27(16-14-26)41-6-2)42(38,39)29-17-11-25(32)12-18-29/h8-18,20,23H,5-7,19,21-22H2,1-4H3,(H,33,37). The Morgan fingerprint density at radius 2 is 1.67 bits per heavy atom. The highest BCUT2D eigenvalue weighted by Gasteiger charge is 2.32. The Bertz CT molecular complexity index is 1430. The van der Waals surface area contributed by atoms with Gasteiger partial charge in [0.1, 0.15) is 24.1 Å². The highest BCUT2D eigenvalue weighted by atomic mass is 79.9. The number of halogens is 1. The molecule has 0 aliphatic rings. The van der Waals surface area contributed by atoms with Crippen LogP contribution in [0.25, 0.3) is 0 Å². The number of carbonyl (C=O) groups is 2. The van der Waals surface area contributed by atoms with Gasteiger partial charge in [0.25, 0.3) is 10.0 Å². The summed E-state index contributed by atoms with van der Waals surface area (Å²) in [4.78, 5) is 28.6. The van der Waals surface area contributed by atoms with Crippen LogP contribution in [0.2, 0.25) is 0 Å². The fourth-order valence-corrected chi connectivity index (χ4v) is 5.90. The second-order valence-electron chi connectivity index (χ2n) is 9.59. The number of carbonyl (C=O) groups excluding carboxylic acids is 2. The number of benzene rings is 3. The maximum Gasteiger partial charge on any atom is 0.264 e. The van der Waals surface area contributed by atoms with E-state index in [2.05, 4.69) is 21.2 Å². The number of sulfonamides is 1. The summed E-state index contributed by atoms with van der Waals surface area (Å²) in [5.74, 6) is 0.327. The van der Waals surface area contributed by atoms with Crippen LogP contribution < -0.4 is 19.1 Å². The van der Waals surface area contributed by atoms with Crippen molar-refractivity contribution in [2.24, 2.45) is 0 Å². The first-order chi connectivity index (χ1) is 20.1. The van der Waals surface area contributed by atoms with E-state index >= 15 is 0 Å². The van der Waals surface area contributed by atoms with E-state index in [1.165, 1.54) is 17.0 Å². The highest BCUT2D eigenvalue weighted by molar-refractivity contribution is 9.10. The number of hydrogen-bond acceptors (Lipinski definition) is 6. The van der Waals surface area contributed by atoms with Crippen molar-refractivity contribution in [3.63, 3.8) is 0 Å². The van der Waals surface area contributed by atoms with Crippen molar-refractivity contribution >= 4 is 43.5 Å². The predicted octanol–water partition coefficient (Wildman–Crippen LogP) is 5.39. The molecule has 3 rings (SSSR count). The molecule has 42 heavy (non-hydrogen) atoms. The molecule has 0 aliphatic carbocycles. The number of rotatable bonds is 15. The highest BCUT2D eigenvalue weighted by Crippen LogP contribution is 2.27. The quantitative estimate of drug-likeness (QED) is 0.220. The summed E-state index contributed by atoms with van der Waals surface area (Å²) in [5, 5.41) is 2.88. The second kappa shape index (κ2) is 15.6. The van der Waals surface area contributed by atoms with E-state index < -0.39 is 28.5 Å². The smallest absolute Gasteiger partial charge is 0.264 e. The van der Waals surface area contributed by atoms with Gasteiger partial charge in [-0.25, -0.2) is 8.42 Å². The summed E-state index contributed by atoms with van der Waals surface area (Å²) in [6.07, 6.45) is 1.71. The molecular weight excluding hydrogens is 622 g/mol. The van der Waals surface area contributed by atoms with Gasteiger partial charge < -0.3 is 19.7 Å². The molecular formula is C31H38BrN3O6S. The topological polar surface area (TPSA) is 105 Å². The molecule has 2 amide bonds. The largest absolute Gasteiger partial charge is 0.497 e. The lowest BCUT2D eigenvalue weighted by Gasteiger charge is -2.32. The molecule has 0 fully saturated rings. The average molecular weight is 661 g/mol. The second-order valence-corrected chi connectivity index (χ2v) is 12.4. The molecule has 0 heterocycles. The minimum Gasteiger partial charge on any atom is -0.497 e. The molecule has 0 aromatic heterocycles. The number of amides is 2. The van der Waals surface area contributed by atoms with Gasteiger partial charge in [0.05, 0.1) is 24.3 Å². The van der Waals surface area contributed by atoms with Gasteiger partial charge in [-0.15, -0.1) is 0 Å². The number of methoxy groups -OCH3 is 1. The van der Waals surface area contributed by atoms with Gasteiger partial charge in [0.2, 0.25) is 11.8 Å². The van der Waals surface area contributed by atoms with E-state index in [1.807, 2.05) is 19.9 Å². The van der Waals surface area contributed by atoms with E-state index in [1.54, 1.807) is 68.6 Å². The van der Waals surface area contributed by atoms with Crippen molar-refractivity contribution in [2.45, 2.75) is 51.1 Å². The third kappa shape index (κ3) is 8.72. The van der Waals surface area contributed by atoms with Gasteiger partial charge in [-0.1, -0.05) is 41.4 Å². The number of unbranched alkanes of at least 4 members (excludes halogenated alkanes) is 1. The average Bonchev–Trinajstić information content (AvgIpc) is 2.99. The zero-order valence-corrected chi connectivity index (χ0v) is 26.8. The van der Waals surface area contributed by atoms with E-state index in [9.17, 15) is 18.0 Å². The summed E-state index contributed by atoms with van der Waals surface area (Å²) >= 11 is 3.34. The molecule has 1 N–H and O–H groups in total. The molecule has 0 spiro atoms. The SMILES string of the molecule is CCCCNC(=O)C(C)N(Cc1cccc(OC)c1)C(=O)CN(c1ccc(OCC)cc1)S(=O)(=O)c1ccc(Br)cc1. The van der Waals surface area contributed by atoms with Crippen molar-refractivity contribution in [3.05, 3.63) is 82.8 Å². The van der Waals surface area contributed by atoms with Crippen LogP contribution >= 0.6 is 15.9 Å². The van der Waals surface area contributed by atoms with Crippen LogP contribution in [-0.2, 0) is 26.2 Å². The van der Waals surface area contributed by atoms with Crippen molar-refractivity contribution in [1.29, 1.82) is 0 Å². The number of nitrogens with one attached hydrogen (secondary N) is 1. The Balaban J connectivity index is 2.01. The van der Waals surface area contributed by atoms with Gasteiger partial charge >= 0.3 is 0 Å². The molecule has 3 aromatic rings. The van der Waals surface area contributed by atoms with Crippen LogP contribution in [0.3, 0.4) is 0 Å². The summed E-state index contributed by atoms with van der Waals surface area (Å²) < 4.78 is 40.5. The molecule has 0 bridgehead atoms. The van der Waals surface area contributed by atoms with Gasteiger partial charge in [0.15, 0.2) is 0 Å². The van der Waals surface area contributed by atoms with E-state index in [0.717, 1.165) is 27.2 Å². The first kappa shape index (κ1) is 32.9. The predicted molar refractivity (Wildman–Crippen MR) is 167 cm³/mol. The summed E-state index contributed by atoms with van der Waals surface area (Å²) in [6.45, 7) is 6.01. The Labute approximate surface area is 257 Å². The fraction of sp³-hybridized carbons (Fsp3) is 0.355. The van der Waals surface area contributed by atoms with E-state index in [4.69, 9.17) is 9.47 Å². The Kier molecular flexibility index (Phi) is 12.2. The van der Waals surface area contributed by atoms with Crippen LogP contribution in [0.4, 0.5) is 5.69 Å². The van der Waals surface area contributed by atoms with Crippen LogP contribution in [0.5, 0.6) is 11.5 Å². The summed E-state index contributed by atoms with van der Waals surface area (Å²) in [5.41, 5.74) is 1.02. The monoisotopic (exact) mass is 659 g/mol. The normalized spacial score (nSPS) is 11.8. The minimum absolute atomic E-state index is 0.0251. The Morgan fingerprint density at radius 1 is 0.976 bits per heavy atom. The molecule has 1 atom stereocenters. The van der Waals surface area contributed by atoms with Crippen LogP contribution in [0.15, 0.2) is 82.2 Å². The number of ether oxygens (including phenoxy) is 2. The third-order valence-corrected chi connectivity index (χ3v) is 8.92. The number of hydrogen-bond donors (Lipinski definition) is 1. The van der Waals surface area contributed by atoms with Crippen molar-refractivity contribution < 1.29 is 27.5 Å². The van der Waals surface area contributed by atoms with Crippen molar-refractivity contribution in [1.82, 2.24) is 10.2 Å². The minimum atomic E-state index is -4.17.